The van der Waals surface area contributed by atoms with Crippen LogP contribution in [0.4, 0.5) is 0 Å². The summed E-state index contributed by atoms with van der Waals surface area (Å²) in [6.45, 7) is 2.08. The highest BCUT2D eigenvalue weighted by atomic mass is 35.5. The predicted octanol–water partition coefficient (Wildman–Crippen LogP) is 0.356. The van der Waals surface area contributed by atoms with Gasteiger partial charge >= 0.3 is 0 Å². The molecule has 1 rings (SSSR count). The van der Waals surface area contributed by atoms with E-state index < -0.39 is 5.38 Å². The number of carbonyl (C=O) groups is 1. The summed E-state index contributed by atoms with van der Waals surface area (Å²) in [6.07, 6.45) is 1.80. The molecule has 6 heteroatoms. The molecule has 5 nitrogen and oxygen atoms in total. The van der Waals surface area contributed by atoms with Gasteiger partial charge < -0.3 is 9.84 Å². The van der Waals surface area contributed by atoms with Gasteiger partial charge in [-0.25, -0.2) is 0 Å². The van der Waals surface area contributed by atoms with Gasteiger partial charge in [-0.15, -0.1) is 11.6 Å². The normalized spacial score (nSPS) is 12.5. The molecule has 1 atom stereocenters. The van der Waals surface area contributed by atoms with E-state index in [1.807, 2.05) is 0 Å². The first-order valence-corrected chi connectivity index (χ1v) is 4.31. The van der Waals surface area contributed by atoms with E-state index in [9.17, 15) is 4.79 Å². The van der Waals surface area contributed by atoms with E-state index in [-0.39, 0.29) is 5.91 Å². The fraction of sp³-hybridized carbons (Fsp3) is 0.571. The first kappa shape index (κ1) is 9.98. The molecule has 1 heterocycles. The van der Waals surface area contributed by atoms with Crippen LogP contribution in [0.3, 0.4) is 0 Å². The number of aromatic nitrogens is 2. The average molecular weight is 204 g/mol. The highest BCUT2D eigenvalue weighted by Gasteiger charge is 2.07. The molecule has 0 radical (unpaired) electrons. The lowest BCUT2D eigenvalue weighted by Gasteiger charge is -2.03. The number of nitrogens with zero attached hydrogens (tertiary/aromatic N) is 2. The summed E-state index contributed by atoms with van der Waals surface area (Å²) in [7, 11) is 0. The van der Waals surface area contributed by atoms with Crippen molar-refractivity contribution >= 4 is 17.5 Å². The van der Waals surface area contributed by atoms with Crippen LogP contribution < -0.4 is 5.32 Å². The molecule has 0 aliphatic rings. The number of hydrogen-bond donors (Lipinski definition) is 1. The zero-order valence-electron chi connectivity index (χ0n) is 7.16. The highest BCUT2D eigenvalue weighted by molar-refractivity contribution is 6.30. The molecule has 13 heavy (non-hydrogen) atoms. The van der Waals surface area contributed by atoms with Crippen molar-refractivity contribution in [2.45, 2.75) is 18.7 Å². The summed E-state index contributed by atoms with van der Waals surface area (Å²) in [4.78, 5) is 14.8. The van der Waals surface area contributed by atoms with Crippen molar-refractivity contribution in [3.8, 4) is 0 Å². The lowest BCUT2D eigenvalue weighted by Crippen LogP contribution is -2.31. The van der Waals surface area contributed by atoms with Crippen molar-refractivity contribution in [2.24, 2.45) is 0 Å². The van der Waals surface area contributed by atoms with E-state index in [4.69, 9.17) is 11.6 Å². The van der Waals surface area contributed by atoms with Gasteiger partial charge in [0, 0.05) is 13.0 Å². The Hall–Kier alpha value is -1.10. The van der Waals surface area contributed by atoms with Gasteiger partial charge in [0.1, 0.15) is 5.38 Å². The lowest BCUT2D eigenvalue weighted by molar-refractivity contribution is -0.120. The molecule has 72 valence electrons. The van der Waals surface area contributed by atoms with Gasteiger partial charge in [0.05, 0.1) is 0 Å². The van der Waals surface area contributed by atoms with Crippen molar-refractivity contribution in [3.63, 3.8) is 0 Å². The minimum atomic E-state index is -0.509. The number of alkyl halides is 1. The average Bonchev–Trinajstić information content (AvgIpc) is 2.56. The lowest BCUT2D eigenvalue weighted by atomic mass is 10.4. The Kier molecular flexibility index (Phi) is 3.70. The molecule has 1 N–H and O–H groups in total. The Morgan fingerprint density at radius 3 is 3.15 bits per heavy atom. The third kappa shape index (κ3) is 3.42. The number of carbonyl (C=O) groups excluding carboxylic acids is 1. The molecule has 0 saturated heterocycles. The van der Waals surface area contributed by atoms with Crippen LogP contribution in [0, 0.1) is 0 Å². The number of rotatable bonds is 4. The fourth-order valence-corrected chi connectivity index (χ4v) is 0.818. The molecule has 0 spiro atoms. The third-order valence-corrected chi connectivity index (χ3v) is 1.61. The Morgan fingerprint density at radius 1 is 1.85 bits per heavy atom. The third-order valence-electron chi connectivity index (χ3n) is 1.42. The van der Waals surface area contributed by atoms with E-state index in [0.29, 0.717) is 18.8 Å². The quantitative estimate of drug-likeness (QED) is 0.718. The van der Waals surface area contributed by atoms with Crippen molar-refractivity contribution in [1.29, 1.82) is 0 Å². The second kappa shape index (κ2) is 4.81. The second-order valence-corrected chi connectivity index (χ2v) is 3.16. The molecular formula is C7H10ClN3O2. The van der Waals surface area contributed by atoms with Gasteiger partial charge in [-0.05, 0) is 6.92 Å². The van der Waals surface area contributed by atoms with Gasteiger partial charge in [0.15, 0.2) is 5.82 Å². The Balaban J connectivity index is 2.18. The zero-order valence-corrected chi connectivity index (χ0v) is 7.91. The van der Waals surface area contributed by atoms with Gasteiger partial charge in [-0.2, -0.15) is 4.98 Å². The second-order valence-electron chi connectivity index (χ2n) is 2.50. The van der Waals surface area contributed by atoms with Crippen molar-refractivity contribution in [1.82, 2.24) is 15.5 Å². The summed E-state index contributed by atoms with van der Waals surface area (Å²) < 4.78 is 4.52. The van der Waals surface area contributed by atoms with E-state index >= 15 is 0 Å². The molecule has 0 aromatic carbocycles. The number of halogens is 1. The Bertz CT molecular complexity index is 261. The van der Waals surface area contributed by atoms with Crippen molar-refractivity contribution in [3.05, 3.63) is 12.2 Å². The van der Waals surface area contributed by atoms with Crippen LogP contribution >= 0.6 is 11.6 Å². The van der Waals surface area contributed by atoms with E-state index in [1.165, 1.54) is 6.39 Å². The number of hydrogen-bond acceptors (Lipinski definition) is 4. The summed E-state index contributed by atoms with van der Waals surface area (Å²) in [5.41, 5.74) is 0. The first-order chi connectivity index (χ1) is 6.20. The van der Waals surface area contributed by atoms with Gasteiger partial charge in [-0.3, -0.25) is 4.79 Å². The van der Waals surface area contributed by atoms with Gasteiger partial charge in [0.2, 0.25) is 12.3 Å². The maximum Gasteiger partial charge on any atom is 0.237 e. The molecule has 1 unspecified atom stereocenters. The van der Waals surface area contributed by atoms with Crippen molar-refractivity contribution in [2.75, 3.05) is 6.54 Å². The number of amides is 1. The summed E-state index contributed by atoms with van der Waals surface area (Å²) in [5.74, 6) is 0.382. The van der Waals surface area contributed by atoms with Crippen LogP contribution in [0.5, 0.6) is 0 Å². The Labute approximate surface area is 80.5 Å². The molecule has 1 aromatic heterocycles. The minimum absolute atomic E-state index is 0.190. The van der Waals surface area contributed by atoms with Crippen LogP contribution in [-0.2, 0) is 11.2 Å². The molecule has 0 bridgehead atoms. The van der Waals surface area contributed by atoms with E-state index in [1.54, 1.807) is 6.92 Å². The molecule has 1 aromatic rings. The highest BCUT2D eigenvalue weighted by Crippen LogP contribution is 1.93. The fourth-order valence-electron chi connectivity index (χ4n) is 0.741. The molecular weight excluding hydrogens is 194 g/mol. The molecule has 0 aliphatic carbocycles. The largest absolute Gasteiger partial charge is 0.354 e. The van der Waals surface area contributed by atoms with Crippen LogP contribution in [-0.4, -0.2) is 28.0 Å². The zero-order chi connectivity index (χ0) is 9.68. The standard InChI is InChI=1S/C7H10ClN3O2/c1-5(8)7(12)9-3-2-6-10-4-13-11-6/h4-5H,2-3H2,1H3,(H,9,12). The van der Waals surface area contributed by atoms with Crippen LogP contribution in [0.25, 0.3) is 0 Å². The first-order valence-electron chi connectivity index (χ1n) is 3.87. The SMILES string of the molecule is CC(Cl)C(=O)NCCc1ncon1. The summed E-state index contributed by atoms with van der Waals surface area (Å²) >= 11 is 5.53. The summed E-state index contributed by atoms with van der Waals surface area (Å²) in [6, 6.07) is 0. The van der Waals surface area contributed by atoms with Gasteiger partial charge in [-0.1, -0.05) is 5.16 Å². The molecule has 0 fully saturated rings. The van der Waals surface area contributed by atoms with E-state index in [2.05, 4.69) is 20.0 Å². The molecule has 1 amide bonds. The van der Waals surface area contributed by atoms with Crippen LogP contribution in [0.1, 0.15) is 12.7 Å². The van der Waals surface area contributed by atoms with Crippen LogP contribution in [0.15, 0.2) is 10.9 Å². The predicted molar refractivity (Wildman–Crippen MR) is 46.3 cm³/mol. The molecule has 0 saturated carbocycles. The van der Waals surface area contributed by atoms with Crippen LogP contribution in [0.2, 0.25) is 0 Å². The van der Waals surface area contributed by atoms with Gasteiger partial charge in [0.25, 0.3) is 0 Å². The minimum Gasteiger partial charge on any atom is -0.354 e. The maximum atomic E-state index is 11.0. The smallest absolute Gasteiger partial charge is 0.237 e. The summed E-state index contributed by atoms with van der Waals surface area (Å²) in [5, 5.41) is 5.71. The number of nitrogens with one attached hydrogen (secondary N) is 1. The maximum absolute atomic E-state index is 11.0. The van der Waals surface area contributed by atoms with E-state index in [0.717, 1.165) is 0 Å². The monoisotopic (exact) mass is 203 g/mol. The van der Waals surface area contributed by atoms with Crippen molar-refractivity contribution < 1.29 is 9.32 Å². The Morgan fingerprint density at radius 2 is 2.62 bits per heavy atom. The molecule has 0 aliphatic heterocycles. The topological polar surface area (TPSA) is 68.0 Å².